The Hall–Kier alpha value is -2.36. The van der Waals surface area contributed by atoms with Crippen LogP contribution < -0.4 is 0 Å². The minimum atomic E-state index is -4.16. The number of rotatable bonds is 6. The van der Waals surface area contributed by atoms with Gasteiger partial charge in [0.1, 0.15) is 16.5 Å². The zero-order valence-electron chi connectivity index (χ0n) is 16.1. The van der Waals surface area contributed by atoms with Crippen LogP contribution in [-0.2, 0) is 21.4 Å². The maximum absolute atomic E-state index is 13.9. The van der Waals surface area contributed by atoms with Crippen molar-refractivity contribution in [3.05, 3.63) is 65.7 Å². The SMILES string of the molecule is CN(CC(=O)N1CCN(S(=O)(=O)c2cc(F)ccc2F)CC1)Cc1ccccc1. The molecule has 29 heavy (non-hydrogen) atoms. The molecule has 0 N–H and O–H groups in total. The first-order chi connectivity index (χ1) is 13.8. The number of carbonyl (C=O) groups is 1. The summed E-state index contributed by atoms with van der Waals surface area (Å²) in [6.45, 7) is 1.31. The summed E-state index contributed by atoms with van der Waals surface area (Å²) in [6.07, 6.45) is 0. The lowest BCUT2D eigenvalue weighted by Gasteiger charge is -2.34. The molecule has 2 aromatic carbocycles. The molecule has 0 bridgehead atoms. The van der Waals surface area contributed by atoms with E-state index < -0.39 is 26.6 Å². The number of benzene rings is 2. The summed E-state index contributed by atoms with van der Waals surface area (Å²) in [5, 5.41) is 0. The maximum atomic E-state index is 13.9. The highest BCUT2D eigenvalue weighted by Gasteiger charge is 2.32. The average Bonchev–Trinajstić information content (AvgIpc) is 2.70. The molecule has 0 radical (unpaired) electrons. The van der Waals surface area contributed by atoms with Crippen LogP contribution in [0.1, 0.15) is 5.56 Å². The number of halogens is 2. The molecule has 1 amide bonds. The standard InChI is InChI=1S/C20H23F2N3O3S/c1-23(14-16-5-3-2-4-6-16)15-20(26)24-9-11-25(12-10-24)29(27,28)19-13-17(21)7-8-18(19)22/h2-8,13H,9-12,14-15H2,1H3. The molecule has 1 heterocycles. The first-order valence-electron chi connectivity index (χ1n) is 9.23. The lowest BCUT2D eigenvalue weighted by atomic mass is 10.2. The van der Waals surface area contributed by atoms with Gasteiger partial charge in [0.15, 0.2) is 0 Å². The molecule has 0 aliphatic carbocycles. The van der Waals surface area contributed by atoms with Crippen LogP contribution in [0.15, 0.2) is 53.4 Å². The molecule has 6 nitrogen and oxygen atoms in total. The van der Waals surface area contributed by atoms with Crippen LogP contribution in [0.2, 0.25) is 0 Å². The molecule has 0 unspecified atom stereocenters. The third-order valence-corrected chi connectivity index (χ3v) is 6.72. The van der Waals surface area contributed by atoms with Gasteiger partial charge in [-0.15, -0.1) is 0 Å². The van der Waals surface area contributed by atoms with Gasteiger partial charge in [0.2, 0.25) is 15.9 Å². The lowest BCUT2D eigenvalue weighted by Crippen LogP contribution is -2.52. The van der Waals surface area contributed by atoms with Gasteiger partial charge >= 0.3 is 0 Å². The number of likely N-dealkylation sites (N-methyl/N-ethyl adjacent to an activating group) is 1. The third kappa shape index (κ3) is 5.17. The van der Waals surface area contributed by atoms with Crippen LogP contribution >= 0.6 is 0 Å². The zero-order chi connectivity index (χ0) is 21.0. The summed E-state index contributed by atoms with van der Waals surface area (Å²) < 4.78 is 53.6. The number of amides is 1. The highest BCUT2D eigenvalue weighted by atomic mass is 32.2. The van der Waals surface area contributed by atoms with E-state index in [1.165, 1.54) is 0 Å². The second-order valence-corrected chi connectivity index (χ2v) is 8.92. The van der Waals surface area contributed by atoms with Crippen molar-refractivity contribution in [3.8, 4) is 0 Å². The smallest absolute Gasteiger partial charge is 0.246 e. The maximum Gasteiger partial charge on any atom is 0.246 e. The third-order valence-electron chi connectivity index (χ3n) is 4.80. The normalized spacial score (nSPS) is 15.7. The fraction of sp³-hybridized carbons (Fsp3) is 0.350. The number of hydrogen-bond donors (Lipinski definition) is 0. The Morgan fingerprint density at radius 3 is 2.34 bits per heavy atom. The van der Waals surface area contributed by atoms with E-state index in [1.807, 2.05) is 42.3 Å². The Morgan fingerprint density at radius 2 is 1.69 bits per heavy atom. The minimum Gasteiger partial charge on any atom is -0.339 e. The van der Waals surface area contributed by atoms with Crippen LogP contribution in [0.3, 0.4) is 0 Å². The molecule has 1 fully saturated rings. The van der Waals surface area contributed by atoms with Crippen molar-refractivity contribution in [1.29, 1.82) is 0 Å². The molecule has 1 aliphatic rings. The summed E-state index contributed by atoms with van der Waals surface area (Å²) in [5.41, 5.74) is 1.09. The van der Waals surface area contributed by atoms with Gasteiger partial charge in [-0.25, -0.2) is 17.2 Å². The Bertz CT molecular complexity index is 962. The van der Waals surface area contributed by atoms with E-state index in [4.69, 9.17) is 0 Å². The first-order valence-corrected chi connectivity index (χ1v) is 10.7. The summed E-state index contributed by atoms with van der Waals surface area (Å²) in [6, 6.07) is 12.1. The number of hydrogen-bond acceptors (Lipinski definition) is 4. The quantitative estimate of drug-likeness (QED) is 0.713. The molecule has 0 saturated carbocycles. The average molecular weight is 423 g/mol. The number of sulfonamides is 1. The highest BCUT2D eigenvalue weighted by Crippen LogP contribution is 2.21. The van der Waals surface area contributed by atoms with E-state index >= 15 is 0 Å². The fourth-order valence-electron chi connectivity index (χ4n) is 3.27. The topological polar surface area (TPSA) is 60.9 Å². The highest BCUT2D eigenvalue weighted by molar-refractivity contribution is 7.89. The van der Waals surface area contributed by atoms with E-state index in [1.54, 1.807) is 4.90 Å². The molecular weight excluding hydrogens is 400 g/mol. The Kier molecular flexibility index (Phi) is 6.61. The van der Waals surface area contributed by atoms with Gasteiger partial charge in [-0.1, -0.05) is 30.3 Å². The Balaban J connectivity index is 1.57. The van der Waals surface area contributed by atoms with Crippen molar-refractivity contribution in [2.45, 2.75) is 11.4 Å². The van der Waals surface area contributed by atoms with Crippen molar-refractivity contribution < 1.29 is 22.0 Å². The van der Waals surface area contributed by atoms with Gasteiger partial charge in [-0.2, -0.15) is 4.31 Å². The Morgan fingerprint density at radius 1 is 1.03 bits per heavy atom. The lowest BCUT2D eigenvalue weighted by molar-refractivity contribution is -0.133. The zero-order valence-corrected chi connectivity index (χ0v) is 16.9. The molecule has 0 aromatic heterocycles. The number of carbonyl (C=O) groups excluding carboxylic acids is 1. The van der Waals surface area contributed by atoms with Crippen molar-refractivity contribution in [1.82, 2.24) is 14.1 Å². The van der Waals surface area contributed by atoms with E-state index in [9.17, 15) is 22.0 Å². The summed E-state index contributed by atoms with van der Waals surface area (Å²) in [7, 11) is -2.31. The molecule has 1 aliphatic heterocycles. The predicted molar refractivity (Wildman–Crippen MR) is 104 cm³/mol. The second kappa shape index (κ2) is 8.98. The van der Waals surface area contributed by atoms with Gasteiger partial charge in [0, 0.05) is 32.7 Å². The first kappa shape index (κ1) is 21.4. The summed E-state index contributed by atoms with van der Waals surface area (Å²) >= 11 is 0. The van der Waals surface area contributed by atoms with Gasteiger partial charge in [-0.3, -0.25) is 9.69 Å². The van der Waals surface area contributed by atoms with Crippen molar-refractivity contribution in [2.75, 3.05) is 39.8 Å². The van der Waals surface area contributed by atoms with Gasteiger partial charge in [0.05, 0.1) is 6.54 Å². The van der Waals surface area contributed by atoms with E-state index in [0.29, 0.717) is 12.6 Å². The van der Waals surface area contributed by atoms with Crippen LogP contribution in [0, 0.1) is 11.6 Å². The van der Waals surface area contributed by atoms with Crippen molar-refractivity contribution in [2.24, 2.45) is 0 Å². The van der Waals surface area contributed by atoms with Crippen LogP contribution in [-0.4, -0.2) is 68.2 Å². The molecule has 0 spiro atoms. The molecule has 9 heteroatoms. The van der Waals surface area contributed by atoms with E-state index in [2.05, 4.69) is 0 Å². The summed E-state index contributed by atoms with van der Waals surface area (Å²) in [5.74, 6) is -1.91. The van der Waals surface area contributed by atoms with Crippen LogP contribution in [0.4, 0.5) is 8.78 Å². The van der Waals surface area contributed by atoms with Gasteiger partial charge < -0.3 is 4.90 Å². The van der Waals surface area contributed by atoms with Gasteiger partial charge in [-0.05, 0) is 30.8 Å². The monoisotopic (exact) mass is 423 g/mol. The van der Waals surface area contributed by atoms with Crippen LogP contribution in [0.25, 0.3) is 0 Å². The molecule has 156 valence electrons. The molecular formula is C20H23F2N3O3S. The van der Waals surface area contributed by atoms with Crippen LogP contribution in [0.5, 0.6) is 0 Å². The molecule has 1 saturated heterocycles. The predicted octanol–water partition coefficient (Wildman–Crippen LogP) is 1.93. The minimum absolute atomic E-state index is 0.0342. The van der Waals surface area contributed by atoms with Crippen molar-refractivity contribution >= 4 is 15.9 Å². The molecule has 0 atom stereocenters. The largest absolute Gasteiger partial charge is 0.339 e. The molecule has 3 rings (SSSR count). The Labute approximate surface area is 169 Å². The van der Waals surface area contributed by atoms with Crippen molar-refractivity contribution in [3.63, 3.8) is 0 Å². The fourth-order valence-corrected chi connectivity index (χ4v) is 4.77. The van der Waals surface area contributed by atoms with E-state index in [-0.39, 0.29) is 38.6 Å². The second-order valence-electron chi connectivity index (χ2n) is 7.02. The number of nitrogens with zero attached hydrogens (tertiary/aromatic N) is 3. The number of piperazine rings is 1. The molecule has 2 aromatic rings. The summed E-state index contributed by atoms with van der Waals surface area (Å²) in [4.78, 5) is 15.3. The van der Waals surface area contributed by atoms with Gasteiger partial charge in [0.25, 0.3) is 0 Å². The van der Waals surface area contributed by atoms with E-state index in [0.717, 1.165) is 22.0 Å².